The molecule has 1 aromatic carbocycles. The lowest BCUT2D eigenvalue weighted by atomic mass is 10.0. The van der Waals surface area contributed by atoms with Gasteiger partial charge in [-0.1, -0.05) is 43.7 Å². The van der Waals surface area contributed by atoms with Crippen LogP contribution in [-0.4, -0.2) is 18.0 Å². The van der Waals surface area contributed by atoms with Gasteiger partial charge in [-0.15, -0.1) is 12.4 Å². The van der Waals surface area contributed by atoms with Gasteiger partial charge in [0, 0.05) is 0 Å². The highest BCUT2D eigenvalue weighted by Gasteiger charge is 2.07. The fourth-order valence-corrected chi connectivity index (χ4v) is 1.78. The molecule has 6 N–H and O–H groups in total. The normalized spacial score (nSPS) is 12.4. The van der Waals surface area contributed by atoms with E-state index in [0.29, 0.717) is 0 Å². The van der Waals surface area contributed by atoms with Crippen molar-refractivity contribution < 1.29 is 0 Å². The van der Waals surface area contributed by atoms with E-state index in [9.17, 15) is 0 Å². The molecule has 1 rings (SSSR count). The first kappa shape index (κ1) is 17.2. The predicted molar refractivity (Wildman–Crippen MR) is 83.5 cm³/mol. The van der Waals surface area contributed by atoms with Gasteiger partial charge in [-0.25, -0.2) is 4.99 Å². The molecule has 0 radical (unpaired) electrons. The first-order valence-electron chi connectivity index (χ1n) is 6.08. The molecule has 0 fully saturated rings. The maximum Gasteiger partial charge on any atom is 0.218 e. The summed E-state index contributed by atoms with van der Waals surface area (Å²) in [6.07, 6.45) is 2.83. The lowest BCUT2D eigenvalue weighted by molar-refractivity contribution is 0.601. The highest BCUT2D eigenvalue weighted by Crippen LogP contribution is 2.10. The molecule has 0 saturated carbocycles. The van der Waals surface area contributed by atoms with Gasteiger partial charge in [0.2, 0.25) is 5.96 Å². The average molecular weight is 284 g/mol. The zero-order chi connectivity index (χ0) is 13.4. The van der Waals surface area contributed by atoms with Crippen LogP contribution in [0.4, 0.5) is 0 Å². The van der Waals surface area contributed by atoms with Crippen molar-refractivity contribution in [1.82, 2.24) is 0 Å². The van der Waals surface area contributed by atoms with Crippen LogP contribution in [0.1, 0.15) is 25.3 Å². The number of aliphatic imine (C=N–C) groups is 2. The van der Waals surface area contributed by atoms with Crippen LogP contribution in [0.25, 0.3) is 0 Å². The van der Waals surface area contributed by atoms with Gasteiger partial charge in [0.25, 0.3) is 0 Å². The van der Waals surface area contributed by atoms with Gasteiger partial charge in [-0.3, -0.25) is 0 Å². The number of rotatable bonds is 5. The Morgan fingerprint density at radius 2 is 1.79 bits per heavy atom. The third-order valence-electron chi connectivity index (χ3n) is 2.49. The Morgan fingerprint density at radius 3 is 2.32 bits per heavy atom. The average Bonchev–Trinajstić information content (AvgIpc) is 2.29. The molecule has 6 heteroatoms. The lowest BCUT2D eigenvalue weighted by Gasteiger charge is -2.11. The molecule has 106 valence electrons. The van der Waals surface area contributed by atoms with Crippen LogP contribution in [-0.2, 0) is 6.42 Å². The summed E-state index contributed by atoms with van der Waals surface area (Å²) < 4.78 is 0. The van der Waals surface area contributed by atoms with Crippen LogP contribution in [0.5, 0.6) is 0 Å². The van der Waals surface area contributed by atoms with Crippen molar-refractivity contribution in [2.45, 2.75) is 32.2 Å². The van der Waals surface area contributed by atoms with Gasteiger partial charge in [0.1, 0.15) is 0 Å². The molecule has 0 aliphatic rings. The number of benzene rings is 1. The third kappa shape index (κ3) is 7.31. The van der Waals surface area contributed by atoms with Crippen molar-refractivity contribution in [3.63, 3.8) is 0 Å². The Morgan fingerprint density at radius 1 is 1.16 bits per heavy atom. The number of hydrogen-bond acceptors (Lipinski definition) is 1. The zero-order valence-electron chi connectivity index (χ0n) is 11.1. The van der Waals surface area contributed by atoms with Crippen LogP contribution in [0.3, 0.4) is 0 Å². The van der Waals surface area contributed by atoms with E-state index in [-0.39, 0.29) is 30.4 Å². The van der Waals surface area contributed by atoms with E-state index in [0.717, 1.165) is 19.3 Å². The molecule has 0 heterocycles. The zero-order valence-corrected chi connectivity index (χ0v) is 11.9. The molecular formula is C13H22ClN5. The van der Waals surface area contributed by atoms with Crippen LogP contribution in [0.15, 0.2) is 40.3 Å². The molecule has 0 amide bonds. The number of halogens is 1. The standard InChI is InChI=1S/C13H21N5.ClH/c1-2-6-11(17-13(16)18-12(14)15)9-10-7-4-3-5-8-10;/h3-5,7-8,11H,2,6,9H2,1H3,(H6,14,15,16,17,18);1H. The molecule has 0 aliphatic heterocycles. The summed E-state index contributed by atoms with van der Waals surface area (Å²) in [4.78, 5) is 8.09. The summed E-state index contributed by atoms with van der Waals surface area (Å²) in [5.41, 5.74) is 17.4. The van der Waals surface area contributed by atoms with Crippen LogP contribution in [0.2, 0.25) is 0 Å². The molecule has 0 aliphatic carbocycles. The molecular weight excluding hydrogens is 262 g/mol. The van der Waals surface area contributed by atoms with Crippen molar-refractivity contribution in [2.75, 3.05) is 0 Å². The largest absolute Gasteiger partial charge is 0.370 e. The van der Waals surface area contributed by atoms with Gasteiger partial charge < -0.3 is 17.2 Å². The Balaban J connectivity index is 0.00000324. The molecule has 1 atom stereocenters. The Hall–Kier alpha value is -1.75. The number of guanidine groups is 2. The third-order valence-corrected chi connectivity index (χ3v) is 2.49. The summed E-state index contributed by atoms with van der Waals surface area (Å²) in [6, 6.07) is 10.3. The molecule has 1 aromatic rings. The first-order chi connectivity index (χ1) is 8.61. The van der Waals surface area contributed by atoms with E-state index in [1.165, 1.54) is 5.56 Å². The highest BCUT2D eigenvalue weighted by molar-refractivity contribution is 5.92. The summed E-state index contributed by atoms with van der Waals surface area (Å²) in [7, 11) is 0. The first-order valence-corrected chi connectivity index (χ1v) is 6.08. The topological polar surface area (TPSA) is 103 Å². The van der Waals surface area contributed by atoms with E-state index < -0.39 is 0 Å². The van der Waals surface area contributed by atoms with Gasteiger partial charge in [-0.05, 0) is 18.4 Å². The van der Waals surface area contributed by atoms with Crippen LogP contribution >= 0.6 is 12.4 Å². The summed E-state index contributed by atoms with van der Waals surface area (Å²) in [5, 5.41) is 0. The molecule has 0 saturated heterocycles. The fraction of sp³-hybridized carbons (Fsp3) is 0.385. The van der Waals surface area contributed by atoms with Gasteiger partial charge >= 0.3 is 0 Å². The van der Waals surface area contributed by atoms with Crippen LogP contribution in [0, 0.1) is 0 Å². The van der Waals surface area contributed by atoms with Gasteiger partial charge in [0.15, 0.2) is 5.96 Å². The number of hydrogen-bond donors (Lipinski definition) is 3. The SMILES string of the molecule is CCCC(Cc1ccccc1)N=C(N)N=C(N)N.Cl. The monoisotopic (exact) mass is 283 g/mol. The van der Waals surface area contributed by atoms with E-state index in [1.807, 2.05) is 18.2 Å². The molecule has 0 bridgehead atoms. The van der Waals surface area contributed by atoms with E-state index in [1.54, 1.807) is 0 Å². The number of nitrogens with zero attached hydrogens (tertiary/aromatic N) is 2. The summed E-state index contributed by atoms with van der Waals surface area (Å²) in [5.74, 6) is 0.0793. The van der Waals surface area contributed by atoms with E-state index >= 15 is 0 Å². The highest BCUT2D eigenvalue weighted by atomic mass is 35.5. The maximum absolute atomic E-state index is 5.66. The van der Waals surface area contributed by atoms with Crippen molar-refractivity contribution >= 4 is 24.3 Å². The molecule has 0 aromatic heterocycles. The number of nitrogens with two attached hydrogens (primary N) is 3. The van der Waals surface area contributed by atoms with Crippen molar-refractivity contribution in [2.24, 2.45) is 27.2 Å². The minimum absolute atomic E-state index is 0. The van der Waals surface area contributed by atoms with Crippen molar-refractivity contribution in [1.29, 1.82) is 0 Å². The van der Waals surface area contributed by atoms with E-state index in [4.69, 9.17) is 17.2 Å². The molecule has 1 unspecified atom stereocenters. The Bertz CT molecular complexity index is 412. The minimum atomic E-state index is -0.0637. The summed E-state index contributed by atoms with van der Waals surface area (Å²) >= 11 is 0. The lowest BCUT2D eigenvalue weighted by Crippen LogP contribution is -2.27. The molecule has 5 nitrogen and oxygen atoms in total. The second-order valence-electron chi connectivity index (χ2n) is 4.16. The summed E-state index contributed by atoms with van der Waals surface area (Å²) in [6.45, 7) is 2.12. The predicted octanol–water partition coefficient (Wildman–Crippen LogP) is 1.41. The maximum atomic E-state index is 5.66. The minimum Gasteiger partial charge on any atom is -0.370 e. The molecule has 19 heavy (non-hydrogen) atoms. The van der Waals surface area contributed by atoms with Gasteiger partial charge in [-0.2, -0.15) is 4.99 Å². The smallest absolute Gasteiger partial charge is 0.218 e. The van der Waals surface area contributed by atoms with Crippen molar-refractivity contribution in [3.05, 3.63) is 35.9 Å². The second-order valence-corrected chi connectivity index (χ2v) is 4.16. The van der Waals surface area contributed by atoms with Crippen molar-refractivity contribution in [3.8, 4) is 0 Å². The fourth-order valence-electron chi connectivity index (χ4n) is 1.78. The Kier molecular flexibility index (Phi) is 8.37. The second kappa shape index (κ2) is 9.22. The quantitative estimate of drug-likeness (QED) is 0.562. The Labute approximate surface area is 120 Å². The molecule has 0 spiro atoms. The van der Waals surface area contributed by atoms with E-state index in [2.05, 4.69) is 29.0 Å². The van der Waals surface area contributed by atoms with Crippen LogP contribution < -0.4 is 17.2 Å². The van der Waals surface area contributed by atoms with Gasteiger partial charge in [0.05, 0.1) is 6.04 Å².